The predicted octanol–water partition coefficient (Wildman–Crippen LogP) is 23.6. The summed E-state index contributed by atoms with van der Waals surface area (Å²) in [7, 11) is 0. The van der Waals surface area contributed by atoms with Gasteiger partial charge in [0, 0.05) is 19.3 Å². The first-order chi connectivity index (χ1) is 37.5. The van der Waals surface area contributed by atoms with E-state index in [0.29, 0.717) is 19.3 Å². The summed E-state index contributed by atoms with van der Waals surface area (Å²) in [5.74, 6) is -0.829. The molecule has 0 N–H and O–H groups in total. The maximum Gasteiger partial charge on any atom is 0.306 e. The maximum atomic E-state index is 12.9. The van der Waals surface area contributed by atoms with Crippen molar-refractivity contribution in [3.05, 3.63) is 12.2 Å². The van der Waals surface area contributed by atoms with Crippen LogP contribution in [0.5, 0.6) is 0 Å². The quantitative estimate of drug-likeness (QED) is 0.0261. The van der Waals surface area contributed by atoms with Gasteiger partial charge in [-0.05, 0) is 44.9 Å². The first-order valence-electron chi connectivity index (χ1n) is 34.7. The SMILES string of the molecule is CCCCCCCCCC/C=C\CCCCCCCCCCCCCC(=O)OCC(COC(=O)CCCCCCCCCCCCCCC)OC(=O)CCCCCCCCCCCCCCCCCCCCCCCC. The summed E-state index contributed by atoms with van der Waals surface area (Å²) in [5, 5.41) is 0. The molecule has 450 valence electrons. The van der Waals surface area contributed by atoms with Gasteiger partial charge in [-0.1, -0.05) is 348 Å². The van der Waals surface area contributed by atoms with Crippen LogP contribution >= 0.6 is 0 Å². The Morgan fingerprint density at radius 3 is 0.658 bits per heavy atom. The van der Waals surface area contributed by atoms with Crippen LogP contribution in [-0.4, -0.2) is 37.2 Å². The van der Waals surface area contributed by atoms with Crippen molar-refractivity contribution in [1.82, 2.24) is 0 Å². The first-order valence-corrected chi connectivity index (χ1v) is 34.7. The summed E-state index contributed by atoms with van der Waals surface area (Å²) in [6.07, 6.45) is 78.1. The summed E-state index contributed by atoms with van der Waals surface area (Å²) in [5.41, 5.74) is 0. The van der Waals surface area contributed by atoms with E-state index in [-0.39, 0.29) is 31.1 Å². The Labute approximate surface area is 475 Å². The van der Waals surface area contributed by atoms with Gasteiger partial charge in [0.1, 0.15) is 13.2 Å². The fourth-order valence-electron chi connectivity index (χ4n) is 10.8. The lowest BCUT2D eigenvalue weighted by atomic mass is 10.0. The van der Waals surface area contributed by atoms with Crippen LogP contribution in [0.2, 0.25) is 0 Å². The van der Waals surface area contributed by atoms with E-state index < -0.39 is 6.10 Å². The smallest absolute Gasteiger partial charge is 0.306 e. The minimum absolute atomic E-state index is 0.0631. The average molecular weight is 1070 g/mol. The largest absolute Gasteiger partial charge is 0.462 e. The molecule has 0 aromatic heterocycles. The normalized spacial score (nSPS) is 12.0. The van der Waals surface area contributed by atoms with Gasteiger partial charge in [0.2, 0.25) is 0 Å². The molecule has 6 heteroatoms. The van der Waals surface area contributed by atoms with E-state index in [1.54, 1.807) is 0 Å². The third-order valence-electron chi connectivity index (χ3n) is 16.0. The number of hydrogen-bond donors (Lipinski definition) is 0. The zero-order chi connectivity index (χ0) is 55.0. The molecule has 0 rings (SSSR count). The molecule has 6 nitrogen and oxygen atoms in total. The van der Waals surface area contributed by atoms with Gasteiger partial charge in [0.25, 0.3) is 0 Å². The van der Waals surface area contributed by atoms with Crippen molar-refractivity contribution in [2.45, 2.75) is 406 Å². The van der Waals surface area contributed by atoms with E-state index in [0.717, 1.165) is 57.8 Å². The molecule has 0 aliphatic carbocycles. The molecule has 0 amide bonds. The second-order valence-corrected chi connectivity index (χ2v) is 23.8. The van der Waals surface area contributed by atoms with Gasteiger partial charge in [-0.3, -0.25) is 14.4 Å². The second kappa shape index (κ2) is 65.7. The molecular formula is C70H134O6. The summed E-state index contributed by atoms with van der Waals surface area (Å²) < 4.78 is 17.0. The van der Waals surface area contributed by atoms with Crippen LogP contribution < -0.4 is 0 Å². The lowest BCUT2D eigenvalue weighted by Gasteiger charge is -2.18. The zero-order valence-corrected chi connectivity index (χ0v) is 51.8. The summed E-state index contributed by atoms with van der Waals surface area (Å²) in [4.78, 5) is 38.4. The molecule has 0 aromatic rings. The summed E-state index contributed by atoms with van der Waals surface area (Å²) >= 11 is 0. The standard InChI is InChI=1S/C70H134O6/c1-4-7-10-13-16-19-22-25-27-29-31-33-35-37-38-40-42-45-48-51-54-57-60-63-69(72)75-66-67(65-74-68(71)62-59-56-53-50-47-44-24-21-18-15-12-9-6-3)76-70(73)64-61-58-55-52-49-46-43-41-39-36-34-32-30-28-26-23-20-17-14-11-8-5-2/h29,31,67H,4-28,30,32-66H2,1-3H3/b31-29-. The topological polar surface area (TPSA) is 78.9 Å². The van der Waals surface area contributed by atoms with Crippen molar-refractivity contribution in [3.8, 4) is 0 Å². The molecule has 0 radical (unpaired) electrons. The molecule has 0 spiro atoms. The number of carbonyl (C=O) groups excluding carboxylic acids is 3. The second-order valence-electron chi connectivity index (χ2n) is 23.8. The van der Waals surface area contributed by atoms with Crippen molar-refractivity contribution in [2.24, 2.45) is 0 Å². The number of esters is 3. The fourth-order valence-corrected chi connectivity index (χ4v) is 10.8. The fraction of sp³-hybridized carbons (Fsp3) is 0.929. The van der Waals surface area contributed by atoms with Crippen molar-refractivity contribution in [1.29, 1.82) is 0 Å². The number of hydrogen-bond acceptors (Lipinski definition) is 6. The van der Waals surface area contributed by atoms with Gasteiger partial charge in [-0.25, -0.2) is 0 Å². The van der Waals surface area contributed by atoms with E-state index in [2.05, 4.69) is 32.9 Å². The van der Waals surface area contributed by atoms with Gasteiger partial charge >= 0.3 is 17.9 Å². The van der Waals surface area contributed by atoms with Crippen LogP contribution in [-0.2, 0) is 28.6 Å². The van der Waals surface area contributed by atoms with E-state index in [1.165, 1.54) is 302 Å². The molecular weight excluding hydrogens is 937 g/mol. The van der Waals surface area contributed by atoms with Crippen LogP contribution in [0.1, 0.15) is 400 Å². The van der Waals surface area contributed by atoms with E-state index in [9.17, 15) is 14.4 Å². The minimum Gasteiger partial charge on any atom is -0.462 e. The number of rotatable bonds is 65. The lowest BCUT2D eigenvalue weighted by Crippen LogP contribution is -2.30. The monoisotopic (exact) mass is 1070 g/mol. The molecule has 0 saturated heterocycles. The van der Waals surface area contributed by atoms with Crippen LogP contribution in [0.25, 0.3) is 0 Å². The van der Waals surface area contributed by atoms with Gasteiger partial charge in [0.15, 0.2) is 6.10 Å². The number of allylic oxidation sites excluding steroid dienone is 2. The average Bonchev–Trinajstić information content (AvgIpc) is 3.42. The third kappa shape index (κ3) is 63.0. The molecule has 1 unspecified atom stereocenters. The highest BCUT2D eigenvalue weighted by molar-refractivity contribution is 5.71. The Kier molecular flexibility index (Phi) is 64.1. The molecule has 0 bridgehead atoms. The maximum absolute atomic E-state index is 12.9. The Balaban J connectivity index is 4.23. The van der Waals surface area contributed by atoms with Crippen molar-refractivity contribution < 1.29 is 28.6 Å². The van der Waals surface area contributed by atoms with Crippen molar-refractivity contribution in [3.63, 3.8) is 0 Å². The Hall–Kier alpha value is -1.85. The number of unbranched alkanes of at least 4 members (excludes halogenated alkanes) is 52. The highest BCUT2D eigenvalue weighted by Gasteiger charge is 2.19. The third-order valence-corrected chi connectivity index (χ3v) is 16.0. The number of carbonyl (C=O) groups is 3. The highest BCUT2D eigenvalue weighted by atomic mass is 16.6. The summed E-state index contributed by atoms with van der Waals surface area (Å²) in [6.45, 7) is 6.73. The molecule has 0 aliphatic rings. The molecule has 0 aromatic carbocycles. The van der Waals surface area contributed by atoms with Gasteiger partial charge < -0.3 is 14.2 Å². The van der Waals surface area contributed by atoms with Crippen molar-refractivity contribution in [2.75, 3.05) is 13.2 Å². The van der Waals surface area contributed by atoms with Crippen LogP contribution in [0, 0.1) is 0 Å². The van der Waals surface area contributed by atoms with E-state index in [1.807, 2.05) is 0 Å². The molecule has 0 saturated carbocycles. The Bertz CT molecular complexity index is 1180. The van der Waals surface area contributed by atoms with Gasteiger partial charge in [0.05, 0.1) is 0 Å². The van der Waals surface area contributed by atoms with Crippen LogP contribution in [0.4, 0.5) is 0 Å². The molecule has 0 heterocycles. The Morgan fingerprint density at radius 2 is 0.434 bits per heavy atom. The van der Waals surface area contributed by atoms with Gasteiger partial charge in [-0.2, -0.15) is 0 Å². The zero-order valence-electron chi connectivity index (χ0n) is 51.8. The summed E-state index contributed by atoms with van der Waals surface area (Å²) in [6, 6.07) is 0. The molecule has 0 aliphatic heterocycles. The Morgan fingerprint density at radius 1 is 0.250 bits per heavy atom. The highest BCUT2D eigenvalue weighted by Crippen LogP contribution is 2.19. The van der Waals surface area contributed by atoms with E-state index in [4.69, 9.17) is 14.2 Å². The minimum atomic E-state index is -0.766. The van der Waals surface area contributed by atoms with Crippen LogP contribution in [0.3, 0.4) is 0 Å². The molecule has 1 atom stereocenters. The molecule has 76 heavy (non-hydrogen) atoms. The van der Waals surface area contributed by atoms with Gasteiger partial charge in [-0.15, -0.1) is 0 Å². The van der Waals surface area contributed by atoms with Crippen molar-refractivity contribution >= 4 is 17.9 Å². The lowest BCUT2D eigenvalue weighted by molar-refractivity contribution is -0.167. The first kappa shape index (κ1) is 74.2. The number of ether oxygens (including phenoxy) is 3. The predicted molar refractivity (Wildman–Crippen MR) is 330 cm³/mol. The van der Waals surface area contributed by atoms with Crippen LogP contribution in [0.15, 0.2) is 12.2 Å². The molecule has 0 fully saturated rings. The van der Waals surface area contributed by atoms with E-state index >= 15 is 0 Å².